The molecule has 0 aliphatic heterocycles. The highest BCUT2D eigenvalue weighted by molar-refractivity contribution is 5.93. The van der Waals surface area contributed by atoms with Gasteiger partial charge in [0.2, 0.25) is 5.91 Å². The van der Waals surface area contributed by atoms with E-state index in [1.165, 1.54) is 6.20 Å². The lowest BCUT2D eigenvalue weighted by Crippen LogP contribution is -2.30. The maximum absolute atomic E-state index is 11.9. The van der Waals surface area contributed by atoms with Gasteiger partial charge in [0.15, 0.2) is 0 Å². The lowest BCUT2D eigenvalue weighted by molar-refractivity contribution is -0.124. The fourth-order valence-electron chi connectivity index (χ4n) is 1.80. The molecule has 0 spiro atoms. The van der Waals surface area contributed by atoms with Gasteiger partial charge in [0.1, 0.15) is 0 Å². The van der Waals surface area contributed by atoms with Crippen molar-refractivity contribution in [2.75, 3.05) is 13.1 Å². The molecule has 6 heteroatoms. The molecule has 122 valence electrons. The highest BCUT2D eigenvalue weighted by atomic mass is 16.2. The first-order chi connectivity index (χ1) is 10.6. The van der Waals surface area contributed by atoms with E-state index in [1.54, 1.807) is 12.1 Å². The van der Waals surface area contributed by atoms with Gasteiger partial charge < -0.3 is 16.4 Å². The average molecular weight is 306 g/mol. The SMILES string of the molecule is CCC(C)C(=O)NCCCCNC(=O)c1ccc(CN)nc1. The number of aromatic nitrogens is 1. The lowest BCUT2D eigenvalue weighted by atomic mass is 10.1. The van der Waals surface area contributed by atoms with E-state index in [1.807, 2.05) is 13.8 Å². The average Bonchev–Trinajstić information content (AvgIpc) is 2.56. The fraction of sp³-hybridized carbons (Fsp3) is 0.562. The number of carbonyl (C=O) groups excluding carboxylic acids is 2. The predicted octanol–water partition coefficient (Wildman–Crippen LogP) is 1.21. The minimum atomic E-state index is -0.139. The van der Waals surface area contributed by atoms with Crippen LogP contribution in [0.3, 0.4) is 0 Å². The smallest absolute Gasteiger partial charge is 0.252 e. The Balaban J connectivity index is 2.16. The summed E-state index contributed by atoms with van der Waals surface area (Å²) in [4.78, 5) is 27.5. The third-order valence-electron chi connectivity index (χ3n) is 3.54. The Hall–Kier alpha value is -1.95. The molecule has 0 bridgehead atoms. The molecule has 2 amide bonds. The van der Waals surface area contributed by atoms with Crippen molar-refractivity contribution in [1.29, 1.82) is 0 Å². The molecular weight excluding hydrogens is 280 g/mol. The first-order valence-corrected chi connectivity index (χ1v) is 7.79. The molecule has 1 aromatic heterocycles. The van der Waals surface area contributed by atoms with Crippen LogP contribution in [0.5, 0.6) is 0 Å². The number of hydrogen-bond acceptors (Lipinski definition) is 4. The summed E-state index contributed by atoms with van der Waals surface area (Å²) in [6, 6.07) is 3.47. The van der Waals surface area contributed by atoms with E-state index in [0.717, 1.165) is 25.0 Å². The van der Waals surface area contributed by atoms with E-state index in [4.69, 9.17) is 5.73 Å². The molecule has 0 aliphatic rings. The standard InChI is InChI=1S/C16H26N4O2/c1-3-12(2)15(21)18-8-4-5-9-19-16(22)13-6-7-14(10-17)20-11-13/h6-7,11-12H,3-5,8-10,17H2,1-2H3,(H,18,21)(H,19,22). The van der Waals surface area contributed by atoms with E-state index in [9.17, 15) is 9.59 Å². The highest BCUT2D eigenvalue weighted by Gasteiger charge is 2.09. The number of nitrogens with zero attached hydrogens (tertiary/aromatic N) is 1. The third-order valence-corrected chi connectivity index (χ3v) is 3.54. The molecule has 1 heterocycles. The molecule has 0 fully saturated rings. The van der Waals surface area contributed by atoms with Gasteiger partial charge in [0, 0.05) is 31.7 Å². The van der Waals surface area contributed by atoms with Crippen LogP contribution in [-0.2, 0) is 11.3 Å². The number of rotatable bonds is 9. The lowest BCUT2D eigenvalue weighted by Gasteiger charge is -2.10. The van der Waals surface area contributed by atoms with Crippen LogP contribution in [-0.4, -0.2) is 29.9 Å². The number of pyridine rings is 1. The normalized spacial score (nSPS) is 11.8. The summed E-state index contributed by atoms with van der Waals surface area (Å²) in [5, 5.41) is 5.73. The number of amides is 2. The number of carbonyl (C=O) groups is 2. The van der Waals surface area contributed by atoms with Crippen LogP contribution < -0.4 is 16.4 Å². The van der Waals surface area contributed by atoms with E-state index >= 15 is 0 Å². The van der Waals surface area contributed by atoms with Crippen molar-refractivity contribution in [3.05, 3.63) is 29.6 Å². The minimum Gasteiger partial charge on any atom is -0.356 e. The highest BCUT2D eigenvalue weighted by Crippen LogP contribution is 2.01. The van der Waals surface area contributed by atoms with Crippen molar-refractivity contribution in [2.45, 2.75) is 39.7 Å². The maximum Gasteiger partial charge on any atom is 0.252 e. The van der Waals surface area contributed by atoms with Gasteiger partial charge in [-0.3, -0.25) is 14.6 Å². The molecule has 0 aromatic carbocycles. The van der Waals surface area contributed by atoms with Crippen molar-refractivity contribution in [3.8, 4) is 0 Å². The Morgan fingerprint density at radius 3 is 2.45 bits per heavy atom. The van der Waals surface area contributed by atoms with Crippen molar-refractivity contribution >= 4 is 11.8 Å². The third kappa shape index (κ3) is 6.22. The number of unbranched alkanes of at least 4 members (excludes halogenated alkanes) is 1. The zero-order chi connectivity index (χ0) is 16.4. The molecule has 22 heavy (non-hydrogen) atoms. The number of nitrogens with two attached hydrogens (primary N) is 1. The summed E-state index contributed by atoms with van der Waals surface area (Å²) < 4.78 is 0. The van der Waals surface area contributed by atoms with Crippen LogP contribution in [0, 0.1) is 5.92 Å². The Morgan fingerprint density at radius 2 is 1.91 bits per heavy atom. The van der Waals surface area contributed by atoms with Crippen molar-refractivity contribution in [3.63, 3.8) is 0 Å². The van der Waals surface area contributed by atoms with E-state index in [2.05, 4.69) is 15.6 Å². The van der Waals surface area contributed by atoms with Crippen molar-refractivity contribution in [2.24, 2.45) is 11.7 Å². The monoisotopic (exact) mass is 306 g/mol. The Labute approximate surface area is 131 Å². The largest absolute Gasteiger partial charge is 0.356 e. The zero-order valence-electron chi connectivity index (χ0n) is 13.4. The van der Waals surface area contributed by atoms with Crippen LogP contribution >= 0.6 is 0 Å². The summed E-state index contributed by atoms with van der Waals surface area (Å²) in [6.45, 7) is 5.50. The summed E-state index contributed by atoms with van der Waals surface area (Å²) >= 11 is 0. The van der Waals surface area contributed by atoms with Crippen LogP contribution in [0.2, 0.25) is 0 Å². The van der Waals surface area contributed by atoms with Gasteiger partial charge in [0.25, 0.3) is 5.91 Å². The quantitative estimate of drug-likeness (QED) is 0.597. The molecule has 1 atom stereocenters. The molecule has 0 saturated carbocycles. The molecular formula is C16H26N4O2. The molecule has 4 N–H and O–H groups in total. The van der Waals surface area contributed by atoms with Gasteiger partial charge >= 0.3 is 0 Å². The second-order valence-electron chi connectivity index (χ2n) is 5.31. The van der Waals surface area contributed by atoms with Crippen LogP contribution in [0.25, 0.3) is 0 Å². The van der Waals surface area contributed by atoms with E-state index < -0.39 is 0 Å². The van der Waals surface area contributed by atoms with Gasteiger partial charge in [-0.15, -0.1) is 0 Å². The molecule has 0 radical (unpaired) electrons. The first-order valence-electron chi connectivity index (χ1n) is 7.79. The Morgan fingerprint density at radius 1 is 1.23 bits per heavy atom. The van der Waals surface area contributed by atoms with Crippen molar-refractivity contribution < 1.29 is 9.59 Å². The fourth-order valence-corrected chi connectivity index (χ4v) is 1.80. The molecule has 0 saturated heterocycles. The predicted molar refractivity (Wildman–Crippen MR) is 86.2 cm³/mol. The molecule has 1 rings (SSSR count). The summed E-state index contributed by atoms with van der Waals surface area (Å²) in [5.41, 5.74) is 6.75. The number of hydrogen-bond donors (Lipinski definition) is 3. The van der Waals surface area contributed by atoms with Gasteiger partial charge in [-0.2, -0.15) is 0 Å². The van der Waals surface area contributed by atoms with Gasteiger partial charge in [0.05, 0.1) is 11.3 Å². The summed E-state index contributed by atoms with van der Waals surface area (Å²) in [6.07, 6.45) is 4.04. The van der Waals surface area contributed by atoms with Crippen LogP contribution in [0.15, 0.2) is 18.3 Å². The first kappa shape index (κ1) is 18.1. The summed E-state index contributed by atoms with van der Waals surface area (Å²) in [7, 11) is 0. The Kier molecular flexibility index (Phi) is 8.14. The van der Waals surface area contributed by atoms with Gasteiger partial charge in [-0.1, -0.05) is 13.8 Å². The Bertz CT molecular complexity index is 474. The number of nitrogens with one attached hydrogen (secondary N) is 2. The molecule has 6 nitrogen and oxygen atoms in total. The molecule has 1 aromatic rings. The summed E-state index contributed by atoms with van der Waals surface area (Å²) in [5.74, 6) is 0.0148. The minimum absolute atomic E-state index is 0.0590. The van der Waals surface area contributed by atoms with Crippen LogP contribution in [0.4, 0.5) is 0 Å². The topological polar surface area (TPSA) is 97.1 Å². The molecule has 0 aliphatic carbocycles. The second-order valence-corrected chi connectivity index (χ2v) is 5.31. The molecule has 1 unspecified atom stereocenters. The maximum atomic E-state index is 11.9. The van der Waals surface area contributed by atoms with Gasteiger partial charge in [-0.05, 0) is 31.4 Å². The van der Waals surface area contributed by atoms with Crippen LogP contribution in [0.1, 0.15) is 49.2 Å². The second kappa shape index (κ2) is 9.89. The van der Waals surface area contributed by atoms with E-state index in [0.29, 0.717) is 25.2 Å². The van der Waals surface area contributed by atoms with E-state index in [-0.39, 0.29) is 17.7 Å². The zero-order valence-corrected chi connectivity index (χ0v) is 13.4. The van der Waals surface area contributed by atoms with Crippen molar-refractivity contribution in [1.82, 2.24) is 15.6 Å². The van der Waals surface area contributed by atoms with Gasteiger partial charge in [-0.25, -0.2) is 0 Å².